The van der Waals surface area contributed by atoms with Gasteiger partial charge in [0.25, 0.3) is 11.1 Å². The minimum Gasteiger partial charge on any atom is -0.494 e. The van der Waals surface area contributed by atoms with Crippen molar-refractivity contribution < 1.29 is 23.9 Å². The fraction of sp³-hybridized carbons (Fsp3) is 0.148. The highest BCUT2D eigenvalue weighted by Crippen LogP contribution is 2.34. The lowest BCUT2D eigenvalue weighted by Gasteiger charge is -2.13. The van der Waals surface area contributed by atoms with Gasteiger partial charge in [-0.15, -0.1) is 0 Å². The van der Waals surface area contributed by atoms with Gasteiger partial charge in [-0.2, -0.15) is 0 Å². The van der Waals surface area contributed by atoms with Gasteiger partial charge in [0.15, 0.2) is 0 Å². The Balaban J connectivity index is 1.41. The van der Waals surface area contributed by atoms with Crippen molar-refractivity contribution in [1.29, 1.82) is 0 Å². The van der Waals surface area contributed by atoms with E-state index in [-0.39, 0.29) is 11.4 Å². The molecule has 0 saturated carbocycles. The minimum absolute atomic E-state index is 0.236. The van der Waals surface area contributed by atoms with Crippen molar-refractivity contribution in [1.82, 2.24) is 4.90 Å². The number of carbonyl (C=O) groups excluding carboxylic acids is 3. The number of imide groups is 1. The van der Waals surface area contributed by atoms with Crippen molar-refractivity contribution in [3.8, 4) is 11.5 Å². The molecule has 1 N–H and O–H groups in total. The summed E-state index contributed by atoms with van der Waals surface area (Å²) in [6.45, 7) is 2.43. The number of hydrogen-bond donors (Lipinski definition) is 1. The van der Waals surface area contributed by atoms with E-state index in [1.165, 1.54) is 0 Å². The molecule has 1 fully saturated rings. The maximum atomic E-state index is 12.9. The molecule has 7 nitrogen and oxygen atoms in total. The van der Waals surface area contributed by atoms with Crippen LogP contribution in [0, 0.1) is 0 Å². The van der Waals surface area contributed by atoms with Crippen molar-refractivity contribution in [2.45, 2.75) is 13.5 Å². The van der Waals surface area contributed by atoms with E-state index >= 15 is 0 Å². The van der Waals surface area contributed by atoms with Gasteiger partial charge >= 0.3 is 0 Å². The molecule has 0 radical (unpaired) electrons. The molecule has 1 heterocycles. The van der Waals surface area contributed by atoms with E-state index in [1.54, 1.807) is 30.3 Å². The largest absolute Gasteiger partial charge is 0.494 e. The van der Waals surface area contributed by atoms with E-state index in [4.69, 9.17) is 9.47 Å². The average Bonchev–Trinajstić information content (AvgIpc) is 3.13. The van der Waals surface area contributed by atoms with Crippen molar-refractivity contribution in [3.05, 3.63) is 94.9 Å². The van der Waals surface area contributed by atoms with E-state index < -0.39 is 17.1 Å². The summed E-state index contributed by atoms with van der Waals surface area (Å²) in [5.74, 6) is 0.301. The predicted octanol–water partition coefficient (Wildman–Crippen LogP) is 5.34. The monoisotopic (exact) mass is 488 g/mol. The van der Waals surface area contributed by atoms with Gasteiger partial charge in [-0.05, 0) is 60.7 Å². The smallest absolute Gasteiger partial charge is 0.294 e. The summed E-state index contributed by atoms with van der Waals surface area (Å²) in [6, 6.07) is 23.9. The van der Waals surface area contributed by atoms with E-state index in [9.17, 15) is 14.4 Å². The predicted molar refractivity (Wildman–Crippen MR) is 136 cm³/mol. The second-order valence-electron chi connectivity index (χ2n) is 7.59. The van der Waals surface area contributed by atoms with Crippen molar-refractivity contribution in [2.24, 2.45) is 0 Å². The summed E-state index contributed by atoms with van der Waals surface area (Å²) < 4.78 is 11.3. The van der Waals surface area contributed by atoms with Gasteiger partial charge in [-0.25, -0.2) is 0 Å². The molecule has 1 aliphatic heterocycles. The summed E-state index contributed by atoms with van der Waals surface area (Å²) in [5.41, 5.74) is 2.24. The number of amides is 3. The molecule has 1 saturated heterocycles. The standard InChI is InChI=1S/C27H24N2O5S/c1-2-33-22-14-12-21(13-15-22)28-25(30)17-29-26(31)24(35-27(29)32)16-20-10-6-7-11-23(20)34-18-19-8-4-3-5-9-19/h3-16H,2,17-18H2,1H3,(H,28,30)/b24-16+. The topological polar surface area (TPSA) is 84.9 Å². The van der Waals surface area contributed by atoms with Crippen LogP contribution in [0.15, 0.2) is 83.8 Å². The van der Waals surface area contributed by atoms with Gasteiger partial charge in [0.1, 0.15) is 24.7 Å². The number of carbonyl (C=O) groups is 3. The number of nitrogens with zero attached hydrogens (tertiary/aromatic N) is 1. The molecular weight excluding hydrogens is 464 g/mol. The molecule has 35 heavy (non-hydrogen) atoms. The van der Waals surface area contributed by atoms with Crippen LogP contribution in [-0.4, -0.2) is 35.1 Å². The molecule has 1 aliphatic rings. The first-order valence-corrected chi connectivity index (χ1v) is 11.9. The van der Waals surface area contributed by atoms with E-state index in [2.05, 4.69) is 5.32 Å². The molecule has 178 valence electrons. The Bertz CT molecular complexity index is 1240. The molecule has 0 atom stereocenters. The van der Waals surface area contributed by atoms with Gasteiger partial charge < -0.3 is 14.8 Å². The number of rotatable bonds is 9. The molecule has 4 rings (SSSR count). The minimum atomic E-state index is -0.514. The molecule has 0 unspecified atom stereocenters. The highest BCUT2D eigenvalue weighted by Gasteiger charge is 2.36. The molecule has 0 aromatic heterocycles. The fourth-order valence-corrected chi connectivity index (χ4v) is 4.22. The number of anilines is 1. The summed E-state index contributed by atoms with van der Waals surface area (Å²) in [5, 5.41) is 2.20. The van der Waals surface area contributed by atoms with E-state index in [0.717, 1.165) is 22.2 Å². The second kappa shape index (κ2) is 11.4. The quantitative estimate of drug-likeness (QED) is 0.409. The highest BCUT2D eigenvalue weighted by atomic mass is 32.2. The number of hydrogen-bond acceptors (Lipinski definition) is 6. The van der Waals surface area contributed by atoms with Gasteiger partial charge in [0, 0.05) is 11.3 Å². The number of benzene rings is 3. The third kappa shape index (κ3) is 6.30. The molecule has 0 aliphatic carbocycles. The Morgan fingerprint density at radius 2 is 1.66 bits per heavy atom. The van der Waals surface area contributed by atoms with Crippen LogP contribution >= 0.6 is 11.8 Å². The molecule has 8 heteroatoms. The number of para-hydroxylation sites is 1. The lowest BCUT2D eigenvalue weighted by atomic mass is 10.1. The first-order chi connectivity index (χ1) is 17.0. The number of thioether (sulfide) groups is 1. The Morgan fingerprint density at radius 1 is 0.943 bits per heavy atom. The molecule has 3 aromatic carbocycles. The van der Waals surface area contributed by atoms with Crippen molar-refractivity contribution in [3.63, 3.8) is 0 Å². The Hall–Kier alpha value is -4.04. The molecule has 3 aromatic rings. The first kappa shape index (κ1) is 24.1. The van der Waals surface area contributed by atoms with Crippen LogP contribution in [0.5, 0.6) is 11.5 Å². The molecule has 0 bridgehead atoms. The normalized spacial score (nSPS) is 14.3. The van der Waals surface area contributed by atoms with Gasteiger partial charge in [0.05, 0.1) is 11.5 Å². The highest BCUT2D eigenvalue weighted by molar-refractivity contribution is 8.18. The van der Waals surface area contributed by atoms with Gasteiger partial charge in [-0.1, -0.05) is 48.5 Å². The van der Waals surface area contributed by atoms with E-state index in [1.807, 2.05) is 61.5 Å². The van der Waals surface area contributed by atoms with Crippen molar-refractivity contribution >= 4 is 40.6 Å². The lowest BCUT2D eigenvalue weighted by Crippen LogP contribution is -2.36. The first-order valence-electron chi connectivity index (χ1n) is 11.1. The summed E-state index contributed by atoms with van der Waals surface area (Å²) in [4.78, 5) is 39.0. The Morgan fingerprint density at radius 3 is 2.40 bits per heavy atom. The fourth-order valence-electron chi connectivity index (χ4n) is 3.39. The van der Waals surface area contributed by atoms with Crippen LogP contribution in [0.3, 0.4) is 0 Å². The zero-order valence-electron chi connectivity index (χ0n) is 19.1. The van der Waals surface area contributed by atoms with Gasteiger partial charge in [-0.3, -0.25) is 19.3 Å². The molecular formula is C27H24N2O5S. The lowest BCUT2D eigenvalue weighted by molar-refractivity contribution is -0.127. The summed E-state index contributed by atoms with van der Waals surface area (Å²) >= 11 is 0.802. The summed E-state index contributed by atoms with van der Waals surface area (Å²) in [7, 11) is 0. The summed E-state index contributed by atoms with van der Waals surface area (Å²) in [6.07, 6.45) is 1.62. The molecule has 3 amide bonds. The Labute approximate surface area is 207 Å². The maximum absolute atomic E-state index is 12.9. The third-order valence-electron chi connectivity index (χ3n) is 5.07. The van der Waals surface area contributed by atoms with Crippen molar-refractivity contribution in [2.75, 3.05) is 18.5 Å². The second-order valence-corrected chi connectivity index (χ2v) is 8.58. The van der Waals surface area contributed by atoms with Crippen LogP contribution in [0.2, 0.25) is 0 Å². The SMILES string of the molecule is CCOc1ccc(NC(=O)CN2C(=O)S/C(=C/c3ccccc3OCc3ccccc3)C2=O)cc1. The van der Waals surface area contributed by atoms with Crippen LogP contribution in [0.4, 0.5) is 10.5 Å². The maximum Gasteiger partial charge on any atom is 0.294 e. The van der Waals surface area contributed by atoms with Gasteiger partial charge in [0.2, 0.25) is 5.91 Å². The average molecular weight is 489 g/mol. The van der Waals surface area contributed by atoms with Crippen LogP contribution in [0.25, 0.3) is 6.08 Å². The van der Waals surface area contributed by atoms with Crippen LogP contribution < -0.4 is 14.8 Å². The Kier molecular flexibility index (Phi) is 7.84. The number of ether oxygens (including phenoxy) is 2. The van der Waals surface area contributed by atoms with Crippen LogP contribution in [-0.2, 0) is 16.2 Å². The third-order valence-corrected chi connectivity index (χ3v) is 5.97. The van der Waals surface area contributed by atoms with Crippen LogP contribution in [0.1, 0.15) is 18.1 Å². The zero-order chi connectivity index (χ0) is 24.6. The molecule has 0 spiro atoms. The zero-order valence-corrected chi connectivity index (χ0v) is 19.9. The van der Waals surface area contributed by atoms with E-state index in [0.29, 0.717) is 36.0 Å². The number of nitrogens with one attached hydrogen (secondary N) is 1.